The Morgan fingerprint density at radius 2 is 1.48 bits per heavy atom. The van der Waals surface area contributed by atoms with Gasteiger partial charge in [-0.15, -0.1) is 0 Å². The Hall–Kier alpha value is -2.23. The lowest BCUT2D eigenvalue weighted by molar-refractivity contribution is -0.143. The van der Waals surface area contributed by atoms with Gasteiger partial charge < -0.3 is 10.6 Å². The molecule has 27 heavy (non-hydrogen) atoms. The third-order valence-corrected chi connectivity index (χ3v) is 4.26. The summed E-state index contributed by atoms with van der Waals surface area (Å²) in [6.45, 7) is 0.138. The summed E-state index contributed by atoms with van der Waals surface area (Å²) in [6, 6.07) is 7.19. The Labute approximate surface area is 158 Å². The summed E-state index contributed by atoms with van der Waals surface area (Å²) < 4.78 is 77.6. The highest BCUT2D eigenvalue weighted by Crippen LogP contribution is 2.37. The number of rotatable bonds is 4. The van der Waals surface area contributed by atoms with E-state index in [0.29, 0.717) is 18.6 Å². The van der Waals surface area contributed by atoms with Crippen LogP contribution in [0, 0.1) is 0 Å². The molecular weight excluding hydrogens is 442 g/mol. The third kappa shape index (κ3) is 6.16. The highest BCUT2D eigenvalue weighted by atomic mass is 79.9. The summed E-state index contributed by atoms with van der Waals surface area (Å²) in [6.07, 6.45) is -9.53. The van der Waals surface area contributed by atoms with Crippen molar-refractivity contribution in [1.82, 2.24) is 5.32 Å². The number of amides is 2. The monoisotopic (exact) mass is 454 g/mol. The van der Waals surface area contributed by atoms with Gasteiger partial charge in [0.15, 0.2) is 0 Å². The Kier molecular flexibility index (Phi) is 6.40. The molecule has 0 aliphatic rings. The van der Waals surface area contributed by atoms with Crippen LogP contribution >= 0.6 is 15.9 Å². The number of halogens is 7. The van der Waals surface area contributed by atoms with Gasteiger partial charge in [-0.2, -0.15) is 26.3 Å². The highest BCUT2D eigenvalue weighted by Gasteiger charge is 2.37. The fourth-order valence-electron chi connectivity index (χ4n) is 2.21. The van der Waals surface area contributed by atoms with Crippen LogP contribution in [0.1, 0.15) is 16.7 Å². The summed E-state index contributed by atoms with van der Waals surface area (Å²) in [4.78, 5) is 11.8. The standard InChI is InChI=1S/C17H13BrF6N2O/c18-14-4-2-1-3-10(14)5-6-25-15(27)26-13-8-11(16(19,20)21)7-12(9-13)17(22,23)24/h1-4,7-9H,5-6H2,(H2,25,26,27). The number of anilines is 1. The van der Waals surface area contributed by atoms with Gasteiger partial charge in [0.2, 0.25) is 0 Å². The molecule has 2 N–H and O–H groups in total. The first-order chi connectivity index (χ1) is 12.5. The van der Waals surface area contributed by atoms with Crippen LogP contribution in [-0.4, -0.2) is 12.6 Å². The number of hydrogen-bond donors (Lipinski definition) is 2. The largest absolute Gasteiger partial charge is 0.416 e. The lowest BCUT2D eigenvalue weighted by atomic mass is 10.1. The summed E-state index contributed by atoms with van der Waals surface area (Å²) >= 11 is 3.33. The number of carbonyl (C=O) groups is 1. The number of nitrogens with one attached hydrogen (secondary N) is 2. The number of benzene rings is 2. The van der Waals surface area contributed by atoms with Crippen molar-refractivity contribution < 1.29 is 31.1 Å². The zero-order chi connectivity index (χ0) is 20.2. The average Bonchev–Trinajstić information content (AvgIpc) is 2.54. The first kappa shape index (κ1) is 21.1. The molecule has 146 valence electrons. The van der Waals surface area contributed by atoms with Gasteiger partial charge in [0.1, 0.15) is 0 Å². The quantitative estimate of drug-likeness (QED) is 0.558. The summed E-state index contributed by atoms with van der Waals surface area (Å²) in [5.74, 6) is 0. The summed E-state index contributed by atoms with van der Waals surface area (Å²) in [7, 11) is 0. The van der Waals surface area contributed by atoms with Crippen LogP contribution in [0.5, 0.6) is 0 Å². The third-order valence-electron chi connectivity index (χ3n) is 3.48. The topological polar surface area (TPSA) is 41.1 Å². The van der Waals surface area contributed by atoms with E-state index in [-0.39, 0.29) is 12.6 Å². The lowest BCUT2D eigenvalue weighted by Gasteiger charge is -2.15. The smallest absolute Gasteiger partial charge is 0.338 e. The second-order valence-electron chi connectivity index (χ2n) is 5.52. The van der Waals surface area contributed by atoms with Gasteiger partial charge in [-0.25, -0.2) is 4.79 Å². The van der Waals surface area contributed by atoms with Crippen molar-refractivity contribution in [3.8, 4) is 0 Å². The predicted octanol–water partition coefficient (Wildman–Crippen LogP) is 5.85. The Morgan fingerprint density at radius 1 is 0.926 bits per heavy atom. The molecule has 0 aliphatic heterocycles. The predicted molar refractivity (Wildman–Crippen MR) is 91.3 cm³/mol. The first-order valence-corrected chi connectivity index (χ1v) is 8.34. The minimum absolute atomic E-state index is 0.00395. The Morgan fingerprint density at radius 3 is 2.00 bits per heavy atom. The zero-order valence-corrected chi connectivity index (χ0v) is 15.1. The molecule has 0 fully saturated rings. The van der Waals surface area contributed by atoms with Crippen LogP contribution < -0.4 is 10.6 Å². The maximum Gasteiger partial charge on any atom is 0.416 e. The van der Waals surface area contributed by atoms with Gasteiger partial charge in [0, 0.05) is 16.7 Å². The van der Waals surface area contributed by atoms with Crippen molar-refractivity contribution in [1.29, 1.82) is 0 Å². The molecule has 0 atom stereocenters. The van der Waals surface area contributed by atoms with Crippen LogP contribution in [-0.2, 0) is 18.8 Å². The lowest BCUT2D eigenvalue weighted by Crippen LogP contribution is -2.30. The van der Waals surface area contributed by atoms with E-state index in [2.05, 4.69) is 21.2 Å². The maximum absolute atomic E-state index is 12.8. The molecule has 0 heterocycles. The van der Waals surface area contributed by atoms with Crippen molar-refractivity contribution in [3.05, 3.63) is 63.6 Å². The van der Waals surface area contributed by atoms with Gasteiger partial charge in [0.05, 0.1) is 11.1 Å². The van der Waals surface area contributed by atoms with Crippen molar-refractivity contribution in [3.63, 3.8) is 0 Å². The van der Waals surface area contributed by atoms with Crippen LogP contribution in [0.2, 0.25) is 0 Å². The summed E-state index contributed by atoms with van der Waals surface area (Å²) in [5.41, 5.74) is -2.71. The molecular formula is C17H13BrF6N2O. The average molecular weight is 455 g/mol. The number of carbonyl (C=O) groups excluding carboxylic acids is 1. The first-order valence-electron chi connectivity index (χ1n) is 7.54. The van der Waals surface area contributed by atoms with E-state index in [1.165, 1.54) is 0 Å². The van der Waals surface area contributed by atoms with Gasteiger partial charge in [-0.05, 0) is 36.2 Å². The van der Waals surface area contributed by atoms with Crippen LogP contribution in [0.15, 0.2) is 46.9 Å². The van der Waals surface area contributed by atoms with Crippen molar-refractivity contribution in [2.24, 2.45) is 0 Å². The van der Waals surface area contributed by atoms with E-state index in [1.54, 1.807) is 18.2 Å². The molecule has 0 radical (unpaired) electrons. The molecule has 0 aliphatic carbocycles. The minimum atomic E-state index is -4.98. The maximum atomic E-state index is 12.8. The molecule has 2 aromatic carbocycles. The van der Waals surface area contributed by atoms with Crippen LogP contribution in [0.3, 0.4) is 0 Å². The van der Waals surface area contributed by atoms with E-state index < -0.39 is 35.2 Å². The number of alkyl halides is 6. The molecule has 0 aromatic heterocycles. The van der Waals surface area contributed by atoms with Crippen molar-refractivity contribution in [2.45, 2.75) is 18.8 Å². The molecule has 3 nitrogen and oxygen atoms in total. The van der Waals surface area contributed by atoms with Gasteiger partial charge in [-0.3, -0.25) is 0 Å². The van der Waals surface area contributed by atoms with Gasteiger partial charge in [-0.1, -0.05) is 34.1 Å². The van der Waals surface area contributed by atoms with E-state index in [4.69, 9.17) is 0 Å². The normalized spacial score (nSPS) is 12.0. The van der Waals surface area contributed by atoms with E-state index in [0.717, 1.165) is 10.0 Å². The molecule has 0 saturated heterocycles. The van der Waals surface area contributed by atoms with Crippen molar-refractivity contribution >= 4 is 27.6 Å². The Balaban J connectivity index is 2.07. The second-order valence-corrected chi connectivity index (χ2v) is 6.37. The fourth-order valence-corrected chi connectivity index (χ4v) is 2.70. The second kappa shape index (κ2) is 8.20. The molecule has 2 rings (SSSR count). The van der Waals surface area contributed by atoms with Gasteiger partial charge >= 0.3 is 18.4 Å². The number of hydrogen-bond acceptors (Lipinski definition) is 1. The van der Waals surface area contributed by atoms with Gasteiger partial charge in [0.25, 0.3) is 0 Å². The molecule has 10 heteroatoms. The SMILES string of the molecule is O=C(NCCc1ccccc1Br)Nc1cc(C(F)(F)F)cc(C(F)(F)F)c1. The molecule has 0 bridgehead atoms. The fraction of sp³-hybridized carbons (Fsp3) is 0.235. The zero-order valence-electron chi connectivity index (χ0n) is 13.5. The molecule has 0 saturated carbocycles. The Bertz CT molecular complexity index is 788. The highest BCUT2D eigenvalue weighted by molar-refractivity contribution is 9.10. The molecule has 2 amide bonds. The molecule has 0 spiro atoms. The van der Waals surface area contributed by atoms with Crippen LogP contribution in [0.4, 0.5) is 36.8 Å². The minimum Gasteiger partial charge on any atom is -0.338 e. The molecule has 2 aromatic rings. The van der Waals surface area contributed by atoms with Crippen LogP contribution in [0.25, 0.3) is 0 Å². The van der Waals surface area contributed by atoms with E-state index >= 15 is 0 Å². The number of urea groups is 1. The molecule has 0 unspecified atom stereocenters. The summed E-state index contributed by atoms with van der Waals surface area (Å²) in [5, 5.41) is 4.40. The van der Waals surface area contributed by atoms with Crippen molar-refractivity contribution in [2.75, 3.05) is 11.9 Å². The van der Waals surface area contributed by atoms with E-state index in [1.807, 2.05) is 11.4 Å². The van der Waals surface area contributed by atoms with E-state index in [9.17, 15) is 31.1 Å².